The van der Waals surface area contributed by atoms with E-state index in [1.54, 1.807) is 0 Å². The number of anilines is 2. The largest absolute Gasteiger partial charge is 0.472 e. The van der Waals surface area contributed by atoms with Crippen LogP contribution < -0.4 is 16.8 Å². The number of ether oxygens (including phenoxy) is 2. The van der Waals surface area contributed by atoms with Crippen LogP contribution in [0.3, 0.4) is 0 Å². The molecule has 3 fully saturated rings. The van der Waals surface area contributed by atoms with Crippen LogP contribution in [0.15, 0.2) is 25.3 Å². The number of alkyl halides is 2. The third-order valence-electron chi connectivity index (χ3n) is 7.92. The topological polar surface area (TPSA) is 301 Å². The van der Waals surface area contributed by atoms with E-state index in [0.29, 0.717) is 0 Å². The number of aliphatic hydroxyl groups excluding tert-OH is 1. The Hall–Kier alpha value is -3.38. The van der Waals surface area contributed by atoms with E-state index in [1.165, 1.54) is 0 Å². The molecule has 8 N–H and O–H groups in total. The predicted molar refractivity (Wildman–Crippen MR) is 158 cm³/mol. The summed E-state index contributed by atoms with van der Waals surface area (Å²) in [6.07, 6.45) is -11.0. The molecule has 0 saturated carbocycles. The van der Waals surface area contributed by atoms with Crippen molar-refractivity contribution in [1.82, 2.24) is 39.0 Å². The number of nitrogen functional groups attached to an aromatic ring is 1. The number of nitrogens with two attached hydrogens (primary N) is 2. The van der Waals surface area contributed by atoms with Gasteiger partial charge >= 0.3 is 15.6 Å². The van der Waals surface area contributed by atoms with Crippen molar-refractivity contribution in [1.29, 1.82) is 0 Å². The first-order valence-corrected chi connectivity index (χ1v) is 17.5. The Morgan fingerprint density at radius 1 is 0.857 bits per heavy atom. The molecule has 0 aliphatic carbocycles. The third-order valence-corrected chi connectivity index (χ3v) is 9.89. The zero-order chi connectivity index (χ0) is 34.7. The number of hydrogen-bond acceptors (Lipinski definition) is 18. The minimum absolute atomic E-state index is 0.00801. The summed E-state index contributed by atoms with van der Waals surface area (Å²) < 4.78 is 92.4. The molecule has 3 aliphatic heterocycles. The standard InChI is InChI=1S/C23H29F2N11O11P2/c24-12-16-10(44-22(12)35-7-33-14-18(27)29-5-31-20(14)35)3-42-49(40,41)47-17-11(4-43-48(38,39)46-16)45-23(13(17)25)36-8-34-15-19(28-2-9(37)1-26)30-6-32-21(15)36/h5-13,16-17,22-23,37H,1-4,26H2,(H,38,39)(H,40,41)(H2,27,29,31)(H,28,30,32)/t9?,10-,11-,12-,13-,16-,17-,22-,23-/m1/s1. The molecule has 0 amide bonds. The van der Waals surface area contributed by atoms with E-state index < -0.39 is 84.2 Å². The summed E-state index contributed by atoms with van der Waals surface area (Å²) in [4.78, 5) is 45.5. The summed E-state index contributed by atoms with van der Waals surface area (Å²) >= 11 is 0. The Kier molecular flexibility index (Phi) is 9.09. The predicted octanol–water partition coefficient (Wildman–Crippen LogP) is -0.531. The summed E-state index contributed by atoms with van der Waals surface area (Å²) in [6, 6.07) is 0. The molecule has 49 heavy (non-hydrogen) atoms. The number of aromatic nitrogens is 8. The van der Waals surface area contributed by atoms with Crippen molar-refractivity contribution in [2.45, 2.75) is 55.3 Å². The van der Waals surface area contributed by atoms with Crippen LogP contribution in [-0.2, 0) is 36.7 Å². The number of rotatable bonds is 6. The molecular weight excluding hydrogens is 706 g/mol. The highest BCUT2D eigenvalue weighted by Gasteiger charge is 2.55. The number of phosphoric acid groups is 2. The number of phosphoric ester groups is 2. The second-order valence-electron chi connectivity index (χ2n) is 11.1. The maximum Gasteiger partial charge on any atom is 0.472 e. The minimum atomic E-state index is -5.17. The van der Waals surface area contributed by atoms with Crippen LogP contribution in [0.2, 0.25) is 0 Å². The molecule has 4 aromatic rings. The molecule has 7 rings (SSSR count). The number of nitrogens with one attached hydrogen (secondary N) is 1. The second kappa shape index (κ2) is 13.1. The molecule has 26 heteroatoms. The van der Waals surface area contributed by atoms with Crippen LogP contribution >= 0.6 is 15.6 Å². The van der Waals surface area contributed by atoms with Crippen LogP contribution in [0.1, 0.15) is 12.5 Å². The quantitative estimate of drug-likeness (QED) is 0.136. The van der Waals surface area contributed by atoms with Crippen molar-refractivity contribution < 1.29 is 60.4 Å². The van der Waals surface area contributed by atoms with E-state index in [1.807, 2.05) is 0 Å². The molecule has 3 saturated heterocycles. The minimum Gasteiger partial charge on any atom is -0.390 e. The molecule has 0 aromatic carbocycles. The Bertz CT molecular complexity index is 1940. The SMILES string of the molecule is NCC(O)CNc1ncnc2c1ncn2[C@@H]1O[C@@H]2COP(=O)(O)O[C@H]3[C@@H](F)[C@H](n4cnc5c(N)ncnc54)O[C@@H]3COP(=O)(O)O[C@H]2[C@H]1F. The summed E-state index contributed by atoms with van der Waals surface area (Å²) in [5, 5.41) is 12.6. The molecule has 3 aliphatic rings. The highest BCUT2D eigenvalue weighted by atomic mass is 31.2. The van der Waals surface area contributed by atoms with Crippen LogP contribution in [0.5, 0.6) is 0 Å². The van der Waals surface area contributed by atoms with Crippen molar-refractivity contribution in [3.8, 4) is 0 Å². The van der Waals surface area contributed by atoms with E-state index in [4.69, 9.17) is 39.0 Å². The molecule has 7 heterocycles. The molecule has 0 spiro atoms. The van der Waals surface area contributed by atoms with Crippen molar-refractivity contribution in [3.63, 3.8) is 0 Å². The number of aliphatic hydroxyl groups is 1. The van der Waals surface area contributed by atoms with E-state index in [-0.39, 0.29) is 47.1 Å². The van der Waals surface area contributed by atoms with Gasteiger partial charge in [-0.3, -0.25) is 27.2 Å². The van der Waals surface area contributed by atoms with Gasteiger partial charge in [0.1, 0.15) is 42.6 Å². The van der Waals surface area contributed by atoms with Crippen LogP contribution in [-0.4, -0.2) is 123 Å². The molecule has 4 aromatic heterocycles. The Labute approximate surface area is 272 Å². The molecule has 266 valence electrons. The van der Waals surface area contributed by atoms with Gasteiger partial charge in [0.2, 0.25) is 0 Å². The van der Waals surface area contributed by atoms with Crippen molar-refractivity contribution in [2.24, 2.45) is 5.73 Å². The van der Waals surface area contributed by atoms with Crippen LogP contribution in [0, 0.1) is 0 Å². The average Bonchev–Trinajstić information content (AvgIpc) is 3.83. The summed E-state index contributed by atoms with van der Waals surface area (Å²) in [7, 11) is -10.3. The highest BCUT2D eigenvalue weighted by Crippen LogP contribution is 2.54. The molecule has 11 atom stereocenters. The van der Waals surface area contributed by atoms with Gasteiger partial charge in [-0.15, -0.1) is 0 Å². The van der Waals surface area contributed by atoms with E-state index >= 15 is 8.78 Å². The summed E-state index contributed by atoms with van der Waals surface area (Å²) in [6.45, 7) is -1.86. The van der Waals surface area contributed by atoms with Crippen molar-refractivity contribution in [3.05, 3.63) is 25.3 Å². The van der Waals surface area contributed by atoms with Crippen molar-refractivity contribution in [2.75, 3.05) is 37.4 Å². The first-order chi connectivity index (χ1) is 23.4. The number of nitrogens with zero attached hydrogens (tertiary/aromatic N) is 8. The Morgan fingerprint density at radius 2 is 1.37 bits per heavy atom. The lowest BCUT2D eigenvalue weighted by molar-refractivity contribution is -0.0662. The van der Waals surface area contributed by atoms with E-state index in [9.17, 15) is 24.0 Å². The molecule has 0 bridgehead atoms. The maximum absolute atomic E-state index is 16.1. The summed E-state index contributed by atoms with van der Waals surface area (Å²) in [5.74, 6) is 0.175. The second-order valence-corrected chi connectivity index (χ2v) is 13.9. The summed E-state index contributed by atoms with van der Waals surface area (Å²) in [5.41, 5.74) is 11.6. The van der Waals surface area contributed by atoms with Crippen LogP contribution in [0.4, 0.5) is 20.4 Å². The lowest BCUT2D eigenvalue weighted by atomic mass is 10.1. The smallest absolute Gasteiger partial charge is 0.390 e. The number of halogens is 2. The van der Waals surface area contributed by atoms with Gasteiger partial charge in [-0.05, 0) is 0 Å². The lowest BCUT2D eigenvalue weighted by Crippen LogP contribution is -2.37. The monoisotopic (exact) mass is 735 g/mol. The normalized spacial score (nSPS) is 36.2. The van der Waals surface area contributed by atoms with Crippen LogP contribution in [0.25, 0.3) is 22.3 Å². The third kappa shape index (κ3) is 6.51. The van der Waals surface area contributed by atoms with Gasteiger partial charge in [0.15, 0.2) is 53.2 Å². The van der Waals surface area contributed by atoms with Crippen molar-refractivity contribution >= 4 is 49.6 Å². The fourth-order valence-corrected chi connectivity index (χ4v) is 7.49. The molecule has 0 radical (unpaired) electrons. The average molecular weight is 735 g/mol. The molecule has 3 unspecified atom stereocenters. The van der Waals surface area contributed by atoms with Gasteiger partial charge < -0.3 is 41.2 Å². The maximum atomic E-state index is 16.1. The fourth-order valence-electron chi connectivity index (χ4n) is 5.58. The molecular formula is C23H29F2N11O11P2. The lowest BCUT2D eigenvalue weighted by Gasteiger charge is -2.27. The number of hydrogen-bond donors (Lipinski definition) is 6. The highest BCUT2D eigenvalue weighted by molar-refractivity contribution is 7.47. The first kappa shape index (κ1) is 34.1. The zero-order valence-corrected chi connectivity index (χ0v) is 26.6. The van der Waals surface area contributed by atoms with Gasteiger partial charge in [-0.1, -0.05) is 0 Å². The first-order valence-electron chi connectivity index (χ1n) is 14.5. The Morgan fingerprint density at radius 3 is 1.92 bits per heavy atom. The van der Waals surface area contributed by atoms with E-state index in [2.05, 4.69) is 35.2 Å². The number of fused-ring (bicyclic) bond motifs is 4. The van der Waals surface area contributed by atoms with Gasteiger partial charge in [-0.25, -0.2) is 47.8 Å². The molecule has 22 nitrogen and oxygen atoms in total. The van der Waals surface area contributed by atoms with E-state index in [0.717, 1.165) is 34.4 Å². The van der Waals surface area contributed by atoms with Gasteiger partial charge in [0, 0.05) is 13.1 Å². The fraction of sp³-hybridized carbons (Fsp3) is 0.565. The van der Waals surface area contributed by atoms with Gasteiger partial charge in [0.25, 0.3) is 0 Å². The number of imidazole rings is 2. The zero-order valence-electron chi connectivity index (χ0n) is 24.8. The van der Waals surface area contributed by atoms with Gasteiger partial charge in [0.05, 0.1) is 32.0 Å². The van der Waals surface area contributed by atoms with Gasteiger partial charge in [-0.2, -0.15) is 0 Å². The Balaban J connectivity index is 1.13.